The van der Waals surface area contributed by atoms with Crippen LogP contribution in [0.4, 0.5) is 11.4 Å². The Bertz CT molecular complexity index is 712. The van der Waals surface area contributed by atoms with E-state index in [1.54, 1.807) is 0 Å². The summed E-state index contributed by atoms with van der Waals surface area (Å²) in [4.78, 5) is 13.8. The van der Waals surface area contributed by atoms with Crippen LogP contribution in [0.5, 0.6) is 11.5 Å². The standard InChI is InChI=1S/C13H7Cl3N2O3/c1-17-7-4-10(15)13(11(16)5-7)21-12-3-2-8(18(19)20)6-9(12)14/h2-6H,1H2. The molecule has 0 saturated heterocycles. The summed E-state index contributed by atoms with van der Waals surface area (Å²) in [7, 11) is 0. The van der Waals surface area contributed by atoms with E-state index in [0.29, 0.717) is 5.69 Å². The Kier molecular flexibility index (Phi) is 4.67. The zero-order valence-corrected chi connectivity index (χ0v) is 12.6. The smallest absolute Gasteiger partial charge is 0.271 e. The second kappa shape index (κ2) is 6.30. The van der Waals surface area contributed by atoms with Gasteiger partial charge in [-0.3, -0.25) is 15.1 Å². The van der Waals surface area contributed by atoms with Crippen molar-refractivity contribution in [3.63, 3.8) is 0 Å². The first-order valence-electron chi connectivity index (χ1n) is 5.50. The molecule has 0 radical (unpaired) electrons. The predicted molar refractivity (Wildman–Crippen MR) is 83.9 cm³/mol. The maximum absolute atomic E-state index is 10.6. The van der Waals surface area contributed by atoms with Crippen LogP contribution in [0.15, 0.2) is 35.3 Å². The molecule has 0 amide bonds. The van der Waals surface area contributed by atoms with Crippen molar-refractivity contribution < 1.29 is 9.66 Å². The van der Waals surface area contributed by atoms with E-state index in [1.807, 2.05) is 0 Å². The molecule has 5 nitrogen and oxygen atoms in total. The monoisotopic (exact) mass is 344 g/mol. The van der Waals surface area contributed by atoms with Gasteiger partial charge in [0.1, 0.15) is 5.75 Å². The molecule has 0 bridgehead atoms. The van der Waals surface area contributed by atoms with Crippen molar-refractivity contribution >= 4 is 52.9 Å². The molecule has 2 aromatic carbocycles. The van der Waals surface area contributed by atoms with Gasteiger partial charge >= 0.3 is 0 Å². The Morgan fingerprint density at radius 1 is 1.10 bits per heavy atom. The van der Waals surface area contributed by atoms with Gasteiger partial charge in [-0.2, -0.15) is 0 Å². The van der Waals surface area contributed by atoms with E-state index in [9.17, 15) is 10.1 Å². The van der Waals surface area contributed by atoms with Crippen molar-refractivity contribution in [2.75, 3.05) is 0 Å². The first-order valence-corrected chi connectivity index (χ1v) is 6.63. The molecule has 2 rings (SSSR count). The summed E-state index contributed by atoms with van der Waals surface area (Å²) in [6, 6.07) is 6.86. The van der Waals surface area contributed by atoms with Crippen molar-refractivity contribution in [1.82, 2.24) is 0 Å². The van der Waals surface area contributed by atoms with Crippen molar-refractivity contribution in [2.24, 2.45) is 4.99 Å². The molecule has 0 aliphatic carbocycles. The molecule has 0 aliphatic heterocycles. The van der Waals surface area contributed by atoms with E-state index >= 15 is 0 Å². The first kappa shape index (κ1) is 15.6. The fraction of sp³-hybridized carbons (Fsp3) is 0. The minimum Gasteiger partial charge on any atom is -0.453 e. The lowest BCUT2D eigenvalue weighted by molar-refractivity contribution is -0.384. The normalized spacial score (nSPS) is 10.2. The number of hydrogen-bond acceptors (Lipinski definition) is 4. The molecular weight excluding hydrogens is 339 g/mol. The van der Waals surface area contributed by atoms with Gasteiger partial charge in [0.25, 0.3) is 5.69 Å². The second-order valence-electron chi connectivity index (χ2n) is 3.87. The average Bonchev–Trinajstić information content (AvgIpc) is 2.43. The predicted octanol–water partition coefficient (Wildman–Crippen LogP) is 5.68. The molecule has 0 spiro atoms. The lowest BCUT2D eigenvalue weighted by Gasteiger charge is -2.11. The number of non-ortho nitro benzene ring substituents is 1. The maximum atomic E-state index is 10.6. The van der Waals surface area contributed by atoms with E-state index in [1.165, 1.54) is 30.3 Å². The average molecular weight is 346 g/mol. The van der Waals surface area contributed by atoms with Crippen LogP contribution in [0.3, 0.4) is 0 Å². The maximum Gasteiger partial charge on any atom is 0.271 e. The summed E-state index contributed by atoms with van der Waals surface area (Å²) in [5.74, 6) is 0.381. The molecule has 8 heteroatoms. The van der Waals surface area contributed by atoms with Gasteiger partial charge in [0.15, 0.2) is 5.75 Å². The Morgan fingerprint density at radius 3 is 2.19 bits per heavy atom. The lowest BCUT2D eigenvalue weighted by atomic mass is 10.3. The number of benzene rings is 2. The summed E-state index contributed by atoms with van der Waals surface area (Å²) in [6.07, 6.45) is 0. The van der Waals surface area contributed by atoms with Gasteiger partial charge in [0, 0.05) is 12.1 Å². The highest BCUT2D eigenvalue weighted by atomic mass is 35.5. The van der Waals surface area contributed by atoms with Crippen LogP contribution in [-0.4, -0.2) is 11.6 Å². The topological polar surface area (TPSA) is 64.7 Å². The lowest BCUT2D eigenvalue weighted by Crippen LogP contribution is -1.91. The van der Waals surface area contributed by atoms with Gasteiger partial charge in [0.2, 0.25) is 0 Å². The molecule has 0 unspecified atom stereocenters. The van der Waals surface area contributed by atoms with E-state index in [4.69, 9.17) is 39.5 Å². The van der Waals surface area contributed by atoms with Crippen LogP contribution in [0, 0.1) is 10.1 Å². The minimum atomic E-state index is -0.555. The number of ether oxygens (including phenoxy) is 1. The van der Waals surface area contributed by atoms with Crippen molar-refractivity contribution in [3.8, 4) is 11.5 Å². The highest BCUT2D eigenvalue weighted by molar-refractivity contribution is 6.37. The Hall–Kier alpha value is -1.82. The number of rotatable bonds is 4. The van der Waals surface area contributed by atoms with Crippen molar-refractivity contribution in [2.45, 2.75) is 0 Å². The fourth-order valence-electron chi connectivity index (χ4n) is 1.53. The zero-order valence-electron chi connectivity index (χ0n) is 10.3. The third kappa shape index (κ3) is 3.44. The number of nitrogens with zero attached hydrogens (tertiary/aromatic N) is 2. The van der Waals surface area contributed by atoms with E-state index in [-0.39, 0.29) is 32.3 Å². The molecule has 0 aliphatic rings. The molecule has 0 atom stereocenters. The van der Waals surface area contributed by atoms with Crippen LogP contribution in [-0.2, 0) is 0 Å². The number of hydrogen-bond donors (Lipinski definition) is 0. The Labute approximate surface area is 134 Å². The SMILES string of the molecule is C=Nc1cc(Cl)c(Oc2ccc([N+](=O)[O-])cc2Cl)c(Cl)c1. The molecule has 0 heterocycles. The number of aliphatic imine (C=N–C) groups is 1. The van der Waals surface area contributed by atoms with Gasteiger partial charge in [-0.25, -0.2) is 0 Å². The molecule has 2 aromatic rings. The Morgan fingerprint density at radius 2 is 1.71 bits per heavy atom. The Balaban J connectivity index is 2.39. The summed E-state index contributed by atoms with van der Waals surface area (Å²) in [6.45, 7) is 3.37. The van der Waals surface area contributed by atoms with Crippen LogP contribution in [0.2, 0.25) is 15.1 Å². The highest BCUT2D eigenvalue weighted by Crippen LogP contribution is 2.41. The molecule has 0 saturated carbocycles. The molecule has 21 heavy (non-hydrogen) atoms. The fourth-order valence-corrected chi connectivity index (χ4v) is 2.30. The first-order chi connectivity index (χ1) is 9.92. The number of nitro groups is 1. The van der Waals surface area contributed by atoms with Crippen LogP contribution in [0.1, 0.15) is 0 Å². The van der Waals surface area contributed by atoms with Crippen LogP contribution >= 0.6 is 34.8 Å². The summed E-state index contributed by atoms with van der Waals surface area (Å²) < 4.78 is 5.52. The second-order valence-corrected chi connectivity index (χ2v) is 5.09. The molecule has 108 valence electrons. The summed E-state index contributed by atoms with van der Waals surface area (Å²) >= 11 is 18.0. The quantitative estimate of drug-likeness (QED) is 0.407. The van der Waals surface area contributed by atoms with E-state index in [0.717, 1.165) is 0 Å². The zero-order chi connectivity index (χ0) is 15.6. The molecule has 0 aromatic heterocycles. The van der Waals surface area contributed by atoms with Crippen molar-refractivity contribution in [3.05, 3.63) is 55.5 Å². The number of nitro benzene ring substituents is 1. The summed E-state index contributed by atoms with van der Waals surface area (Å²) in [5.41, 5.74) is 0.350. The van der Waals surface area contributed by atoms with Gasteiger partial charge < -0.3 is 4.74 Å². The largest absolute Gasteiger partial charge is 0.453 e. The van der Waals surface area contributed by atoms with Gasteiger partial charge in [-0.1, -0.05) is 34.8 Å². The van der Waals surface area contributed by atoms with Crippen LogP contribution < -0.4 is 4.74 Å². The molecule has 0 N–H and O–H groups in total. The van der Waals surface area contributed by atoms with Gasteiger partial charge in [-0.05, 0) is 24.9 Å². The number of halogens is 3. The minimum absolute atomic E-state index is 0.0715. The molecule has 0 fully saturated rings. The van der Waals surface area contributed by atoms with E-state index < -0.39 is 4.92 Å². The highest BCUT2D eigenvalue weighted by Gasteiger charge is 2.15. The third-order valence-corrected chi connectivity index (χ3v) is 3.36. The third-order valence-electron chi connectivity index (χ3n) is 2.50. The van der Waals surface area contributed by atoms with Crippen molar-refractivity contribution in [1.29, 1.82) is 0 Å². The summed E-state index contributed by atoms with van der Waals surface area (Å²) in [5, 5.41) is 11.2. The van der Waals surface area contributed by atoms with Gasteiger partial charge in [0.05, 0.1) is 25.7 Å². The van der Waals surface area contributed by atoms with Gasteiger partial charge in [-0.15, -0.1) is 0 Å². The molecular formula is C13H7Cl3N2O3. The van der Waals surface area contributed by atoms with E-state index in [2.05, 4.69) is 11.7 Å². The van der Waals surface area contributed by atoms with Crippen LogP contribution in [0.25, 0.3) is 0 Å².